The number of H-pyrrole nitrogens is 1. The van der Waals surface area contributed by atoms with Crippen LogP contribution < -0.4 is 0 Å². The number of likely N-dealkylation sites (tertiary alicyclic amines) is 1. The lowest BCUT2D eigenvalue weighted by Gasteiger charge is -2.39. The van der Waals surface area contributed by atoms with E-state index in [0.717, 1.165) is 6.33 Å². The van der Waals surface area contributed by atoms with Crippen molar-refractivity contribution in [3.63, 3.8) is 0 Å². The quantitative estimate of drug-likeness (QED) is 0.755. The van der Waals surface area contributed by atoms with Gasteiger partial charge in [0.2, 0.25) is 0 Å². The average Bonchev–Trinajstić information content (AvgIpc) is 2.95. The van der Waals surface area contributed by atoms with E-state index in [1.807, 2.05) is 0 Å². The van der Waals surface area contributed by atoms with Gasteiger partial charge in [0, 0.05) is 13.1 Å². The molecule has 1 aromatic rings. The van der Waals surface area contributed by atoms with Gasteiger partial charge in [0.15, 0.2) is 11.4 Å². The Balaban J connectivity index is 2.25. The number of imidazole rings is 1. The number of carboxylic acids is 2. The standard InChI is InChI=1S/C13H17N3O5/c1-2-13(12(20)21)4-3-5-16(6-13)10(17)8-9(11(18)19)15-7-14-8/h7H,2-6H2,1H3,(H,14,15)(H,18,19)(H,20,21)/t13-/m1/s1. The van der Waals surface area contributed by atoms with Gasteiger partial charge in [-0.15, -0.1) is 0 Å². The number of amides is 1. The van der Waals surface area contributed by atoms with Crippen molar-refractivity contribution in [1.82, 2.24) is 14.9 Å². The number of nitrogens with zero attached hydrogens (tertiary/aromatic N) is 2. The Kier molecular flexibility index (Phi) is 3.97. The monoisotopic (exact) mass is 295 g/mol. The van der Waals surface area contributed by atoms with Crippen molar-refractivity contribution in [3.05, 3.63) is 17.7 Å². The van der Waals surface area contributed by atoms with Crippen molar-refractivity contribution < 1.29 is 24.6 Å². The van der Waals surface area contributed by atoms with E-state index >= 15 is 0 Å². The second-order valence-electron chi connectivity index (χ2n) is 5.20. The van der Waals surface area contributed by atoms with Crippen molar-refractivity contribution in [3.8, 4) is 0 Å². The zero-order chi connectivity index (χ0) is 15.6. The smallest absolute Gasteiger partial charge is 0.354 e. The van der Waals surface area contributed by atoms with Crippen LogP contribution in [0.25, 0.3) is 0 Å². The Bertz CT molecular complexity index is 582. The first-order valence-electron chi connectivity index (χ1n) is 6.70. The molecule has 0 unspecified atom stereocenters. The van der Waals surface area contributed by atoms with Gasteiger partial charge in [0.1, 0.15) is 0 Å². The summed E-state index contributed by atoms with van der Waals surface area (Å²) in [6, 6.07) is 0. The van der Waals surface area contributed by atoms with Crippen LogP contribution in [-0.4, -0.2) is 56.0 Å². The summed E-state index contributed by atoms with van der Waals surface area (Å²) in [5, 5.41) is 18.4. The third-order valence-electron chi connectivity index (χ3n) is 4.05. The maximum absolute atomic E-state index is 12.4. The molecule has 0 saturated carbocycles. The van der Waals surface area contributed by atoms with E-state index in [0.29, 0.717) is 25.8 Å². The molecule has 2 heterocycles. The number of hydrogen-bond acceptors (Lipinski definition) is 4. The zero-order valence-corrected chi connectivity index (χ0v) is 11.6. The highest BCUT2D eigenvalue weighted by Crippen LogP contribution is 2.34. The van der Waals surface area contributed by atoms with Crippen LogP contribution in [0.3, 0.4) is 0 Å². The molecule has 8 nitrogen and oxygen atoms in total. The minimum absolute atomic E-state index is 0.0730. The topological polar surface area (TPSA) is 124 Å². The highest BCUT2D eigenvalue weighted by atomic mass is 16.4. The number of aromatic nitrogens is 2. The van der Waals surface area contributed by atoms with E-state index in [1.54, 1.807) is 6.92 Å². The Hall–Kier alpha value is -2.38. The normalized spacial score (nSPS) is 22.0. The molecule has 2 rings (SSSR count). The average molecular weight is 295 g/mol. The van der Waals surface area contributed by atoms with E-state index in [2.05, 4.69) is 9.97 Å². The zero-order valence-electron chi connectivity index (χ0n) is 11.6. The fraction of sp³-hybridized carbons (Fsp3) is 0.538. The lowest BCUT2D eigenvalue weighted by atomic mass is 9.77. The molecule has 1 atom stereocenters. The molecular formula is C13H17N3O5. The van der Waals surface area contributed by atoms with Crippen LogP contribution in [0.15, 0.2) is 6.33 Å². The van der Waals surface area contributed by atoms with Gasteiger partial charge in [-0.05, 0) is 19.3 Å². The third kappa shape index (κ3) is 2.61. The second-order valence-corrected chi connectivity index (χ2v) is 5.20. The number of hydrogen-bond donors (Lipinski definition) is 3. The molecule has 21 heavy (non-hydrogen) atoms. The molecule has 1 amide bonds. The summed E-state index contributed by atoms with van der Waals surface area (Å²) in [6.45, 7) is 2.25. The lowest BCUT2D eigenvalue weighted by molar-refractivity contribution is -0.152. The molecule has 0 aliphatic carbocycles. The SMILES string of the molecule is CC[C@@]1(C(=O)O)CCCN(C(=O)c2nc[nH]c2C(=O)O)C1. The van der Waals surface area contributed by atoms with E-state index in [1.165, 1.54) is 4.90 Å². The van der Waals surface area contributed by atoms with Gasteiger partial charge < -0.3 is 20.1 Å². The molecule has 1 aliphatic rings. The molecule has 8 heteroatoms. The largest absolute Gasteiger partial charge is 0.481 e. The van der Waals surface area contributed by atoms with Gasteiger partial charge in [-0.1, -0.05) is 6.92 Å². The van der Waals surface area contributed by atoms with E-state index < -0.39 is 23.3 Å². The predicted octanol–water partition coefficient (Wildman–Crippen LogP) is 0.825. The lowest BCUT2D eigenvalue weighted by Crippen LogP contribution is -2.49. The molecule has 0 bridgehead atoms. The highest BCUT2D eigenvalue weighted by Gasteiger charge is 2.42. The van der Waals surface area contributed by atoms with Gasteiger partial charge in [0.05, 0.1) is 11.7 Å². The molecule has 1 aliphatic heterocycles. The van der Waals surface area contributed by atoms with Crippen LogP contribution in [0.2, 0.25) is 0 Å². The van der Waals surface area contributed by atoms with Gasteiger partial charge in [-0.2, -0.15) is 0 Å². The third-order valence-corrected chi connectivity index (χ3v) is 4.05. The van der Waals surface area contributed by atoms with Crippen LogP contribution in [0.1, 0.15) is 47.2 Å². The van der Waals surface area contributed by atoms with Crippen molar-refractivity contribution >= 4 is 17.8 Å². The maximum Gasteiger partial charge on any atom is 0.354 e. The maximum atomic E-state index is 12.4. The van der Waals surface area contributed by atoms with Crippen LogP contribution in [0.5, 0.6) is 0 Å². The summed E-state index contributed by atoms with van der Waals surface area (Å²) in [6.07, 6.45) is 2.64. The number of piperidine rings is 1. The number of carboxylic acid groups (broad SMARTS) is 2. The van der Waals surface area contributed by atoms with E-state index in [-0.39, 0.29) is 17.9 Å². The predicted molar refractivity (Wildman–Crippen MR) is 71.0 cm³/mol. The summed E-state index contributed by atoms with van der Waals surface area (Å²) in [4.78, 5) is 42.5. The van der Waals surface area contributed by atoms with Crippen LogP contribution in [0, 0.1) is 5.41 Å². The number of aromatic carboxylic acids is 1. The molecule has 0 aromatic carbocycles. The minimum Gasteiger partial charge on any atom is -0.481 e. The van der Waals surface area contributed by atoms with Crippen molar-refractivity contribution in [2.45, 2.75) is 26.2 Å². The molecule has 114 valence electrons. The molecule has 0 radical (unpaired) electrons. The Morgan fingerprint density at radius 1 is 1.43 bits per heavy atom. The first-order valence-corrected chi connectivity index (χ1v) is 6.70. The van der Waals surface area contributed by atoms with Crippen LogP contribution in [-0.2, 0) is 4.79 Å². The number of nitrogens with one attached hydrogen (secondary N) is 1. The van der Waals surface area contributed by atoms with Gasteiger partial charge >= 0.3 is 11.9 Å². The number of carbonyl (C=O) groups excluding carboxylic acids is 1. The highest BCUT2D eigenvalue weighted by molar-refractivity contribution is 6.02. The van der Waals surface area contributed by atoms with Crippen molar-refractivity contribution in [2.24, 2.45) is 5.41 Å². The number of rotatable bonds is 4. The van der Waals surface area contributed by atoms with E-state index in [4.69, 9.17) is 5.11 Å². The van der Waals surface area contributed by atoms with Gasteiger partial charge in [-0.25, -0.2) is 9.78 Å². The fourth-order valence-electron chi connectivity index (χ4n) is 2.69. The fourth-order valence-corrected chi connectivity index (χ4v) is 2.69. The summed E-state index contributed by atoms with van der Waals surface area (Å²) >= 11 is 0. The van der Waals surface area contributed by atoms with Crippen LogP contribution in [0.4, 0.5) is 0 Å². The molecule has 1 aromatic heterocycles. The number of aliphatic carboxylic acids is 1. The Morgan fingerprint density at radius 3 is 2.71 bits per heavy atom. The van der Waals surface area contributed by atoms with Crippen molar-refractivity contribution in [1.29, 1.82) is 0 Å². The number of carbonyl (C=O) groups is 3. The first-order chi connectivity index (χ1) is 9.91. The van der Waals surface area contributed by atoms with Crippen LogP contribution >= 0.6 is 0 Å². The van der Waals surface area contributed by atoms with E-state index in [9.17, 15) is 19.5 Å². The summed E-state index contributed by atoms with van der Waals surface area (Å²) in [5.41, 5.74) is -1.42. The number of aromatic amines is 1. The molecule has 0 spiro atoms. The molecule has 1 saturated heterocycles. The van der Waals surface area contributed by atoms with Crippen molar-refractivity contribution in [2.75, 3.05) is 13.1 Å². The minimum atomic E-state index is -1.27. The molecular weight excluding hydrogens is 278 g/mol. The molecule has 3 N–H and O–H groups in total. The summed E-state index contributed by atoms with van der Waals surface area (Å²) < 4.78 is 0. The molecule has 1 fully saturated rings. The second kappa shape index (κ2) is 5.55. The summed E-state index contributed by atoms with van der Waals surface area (Å²) in [7, 11) is 0. The Morgan fingerprint density at radius 2 is 2.14 bits per heavy atom. The summed E-state index contributed by atoms with van der Waals surface area (Å²) in [5.74, 6) is -2.75. The Labute approximate surface area is 120 Å². The van der Waals surface area contributed by atoms with Gasteiger partial charge in [0.25, 0.3) is 5.91 Å². The van der Waals surface area contributed by atoms with Gasteiger partial charge in [-0.3, -0.25) is 9.59 Å². The first kappa shape index (κ1) is 15.0.